The van der Waals surface area contributed by atoms with Crippen LogP contribution in [-0.2, 0) is 17.9 Å². The van der Waals surface area contributed by atoms with Crippen molar-refractivity contribution in [3.63, 3.8) is 0 Å². The van der Waals surface area contributed by atoms with Gasteiger partial charge in [-0.3, -0.25) is 14.2 Å². The molecule has 1 aliphatic heterocycles. The summed E-state index contributed by atoms with van der Waals surface area (Å²) in [5.74, 6) is 0.612. The molecule has 9 heteroatoms. The SMILES string of the molecule is CN1CCN(c2ncccc2CNC(=O)Cn2cnc3c(oc4ccccc43)c2=O)CC1. The highest BCUT2D eigenvalue weighted by atomic mass is 16.3. The first kappa shape index (κ1) is 20.2. The molecule has 5 rings (SSSR count). The molecule has 4 aromatic rings. The monoisotopic (exact) mass is 432 g/mol. The van der Waals surface area contributed by atoms with Crippen molar-refractivity contribution < 1.29 is 9.21 Å². The standard InChI is InChI=1S/C23H24N6O3/c1-27-9-11-28(12-10-27)22-16(5-4-8-24-22)13-25-19(30)14-29-15-26-20-17-6-2-3-7-18(17)32-21(20)23(29)31/h2-8,15H,9-14H2,1H3,(H,25,30). The number of carbonyl (C=O) groups is 1. The van der Waals surface area contributed by atoms with Crippen LogP contribution in [0.1, 0.15) is 5.56 Å². The quantitative estimate of drug-likeness (QED) is 0.512. The number of hydrogen-bond donors (Lipinski definition) is 1. The topological polar surface area (TPSA) is 96.5 Å². The van der Waals surface area contributed by atoms with Crippen molar-refractivity contribution >= 4 is 33.8 Å². The van der Waals surface area contributed by atoms with Crippen LogP contribution < -0.4 is 15.8 Å². The zero-order chi connectivity index (χ0) is 22.1. The second-order valence-corrected chi connectivity index (χ2v) is 8.01. The predicted molar refractivity (Wildman–Crippen MR) is 122 cm³/mol. The number of benzene rings is 1. The van der Waals surface area contributed by atoms with E-state index < -0.39 is 0 Å². The Kier molecular flexibility index (Phi) is 5.32. The lowest BCUT2D eigenvalue weighted by molar-refractivity contribution is -0.121. The van der Waals surface area contributed by atoms with E-state index in [-0.39, 0.29) is 23.6 Å². The first-order chi connectivity index (χ1) is 15.6. The van der Waals surface area contributed by atoms with E-state index in [1.54, 1.807) is 12.3 Å². The highest BCUT2D eigenvalue weighted by molar-refractivity contribution is 6.01. The molecule has 0 bridgehead atoms. The molecule has 0 spiro atoms. The lowest BCUT2D eigenvalue weighted by Gasteiger charge is -2.34. The maximum Gasteiger partial charge on any atom is 0.297 e. The molecule has 9 nitrogen and oxygen atoms in total. The summed E-state index contributed by atoms with van der Waals surface area (Å²) in [6.45, 7) is 3.94. The average molecular weight is 432 g/mol. The first-order valence-corrected chi connectivity index (χ1v) is 10.6. The van der Waals surface area contributed by atoms with Gasteiger partial charge in [-0.2, -0.15) is 0 Å². The fourth-order valence-electron chi connectivity index (χ4n) is 4.00. The number of anilines is 1. The van der Waals surface area contributed by atoms with Gasteiger partial charge < -0.3 is 19.5 Å². The van der Waals surface area contributed by atoms with Crippen molar-refractivity contribution in [1.82, 2.24) is 24.8 Å². The van der Waals surface area contributed by atoms with Gasteiger partial charge in [0.1, 0.15) is 23.5 Å². The van der Waals surface area contributed by atoms with E-state index in [0.29, 0.717) is 17.6 Å². The lowest BCUT2D eigenvalue weighted by atomic mass is 10.2. The van der Waals surface area contributed by atoms with Crippen LogP contribution in [0.5, 0.6) is 0 Å². The van der Waals surface area contributed by atoms with Gasteiger partial charge in [0, 0.05) is 49.9 Å². The zero-order valence-corrected chi connectivity index (χ0v) is 17.8. The van der Waals surface area contributed by atoms with E-state index in [4.69, 9.17) is 4.42 Å². The second-order valence-electron chi connectivity index (χ2n) is 8.01. The molecule has 0 saturated carbocycles. The van der Waals surface area contributed by atoms with Gasteiger partial charge >= 0.3 is 0 Å². The maximum atomic E-state index is 12.8. The number of nitrogens with zero attached hydrogens (tertiary/aromatic N) is 5. The molecule has 1 saturated heterocycles. The molecule has 0 radical (unpaired) electrons. The van der Waals surface area contributed by atoms with Gasteiger partial charge in [-0.05, 0) is 25.2 Å². The van der Waals surface area contributed by atoms with Gasteiger partial charge in [0.2, 0.25) is 11.5 Å². The normalized spacial score (nSPS) is 14.8. The van der Waals surface area contributed by atoms with Crippen LogP contribution in [-0.4, -0.2) is 58.6 Å². The number of hydrogen-bond acceptors (Lipinski definition) is 7. The second kappa shape index (κ2) is 8.43. The number of aromatic nitrogens is 3. The van der Waals surface area contributed by atoms with Crippen molar-refractivity contribution in [3.05, 3.63) is 64.8 Å². The molecule has 4 heterocycles. The number of para-hydroxylation sites is 1. The number of amides is 1. The van der Waals surface area contributed by atoms with Crippen LogP contribution in [0.3, 0.4) is 0 Å². The molecule has 1 aromatic carbocycles. The number of piperazine rings is 1. The van der Waals surface area contributed by atoms with Crippen LogP contribution in [0.2, 0.25) is 0 Å². The summed E-state index contributed by atoms with van der Waals surface area (Å²) in [7, 11) is 2.11. The summed E-state index contributed by atoms with van der Waals surface area (Å²) in [5, 5.41) is 3.69. The third kappa shape index (κ3) is 3.82. The summed E-state index contributed by atoms with van der Waals surface area (Å²) in [4.78, 5) is 38.8. The molecule has 1 fully saturated rings. The molecule has 1 aliphatic rings. The zero-order valence-electron chi connectivity index (χ0n) is 17.8. The summed E-state index contributed by atoms with van der Waals surface area (Å²) >= 11 is 0. The number of pyridine rings is 1. The Hall–Kier alpha value is -3.72. The highest BCUT2D eigenvalue weighted by Gasteiger charge is 2.19. The molecule has 1 amide bonds. The van der Waals surface area contributed by atoms with Crippen molar-refractivity contribution in [2.45, 2.75) is 13.1 Å². The van der Waals surface area contributed by atoms with Crippen molar-refractivity contribution in [3.8, 4) is 0 Å². The Morgan fingerprint density at radius 2 is 1.91 bits per heavy atom. The number of furan rings is 1. The van der Waals surface area contributed by atoms with Gasteiger partial charge in [0.05, 0.1) is 6.33 Å². The Morgan fingerprint density at radius 3 is 2.75 bits per heavy atom. The minimum absolute atomic E-state index is 0.136. The molecular weight excluding hydrogens is 408 g/mol. The number of fused-ring (bicyclic) bond motifs is 3. The molecular formula is C23H24N6O3. The van der Waals surface area contributed by atoms with Gasteiger partial charge in [0.25, 0.3) is 5.56 Å². The van der Waals surface area contributed by atoms with Crippen LogP contribution >= 0.6 is 0 Å². The number of nitrogens with one attached hydrogen (secondary N) is 1. The number of carbonyl (C=O) groups excluding carboxylic acids is 1. The molecule has 0 unspecified atom stereocenters. The largest absolute Gasteiger partial charge is 0.448 e. The summed E-state index contributed by atoms with van der Waals surface area (Å²) in [5.41, 5.74) is 1.84. The van der Waals surface area contributed by atoms with Crippen LogP contribution in [0.4, 0.5) is 5.82 Å². The maximum absolute atomic E-state index is 12.8. The van der Waals surface area contributed by atoms with E-state index in [0.717, 1.165) is 42.9 Å². The smallest absolute Gasteiger partial charge is 0.297 e. The molecule has 3 aromatic heterocycles. The van der Waals surface area contributed by atoms with Crippen molar-refractivity contribution in [2.24, 2.45) is 0 Å². The minimum Gasteiger partial charge on any atom is -0.448 e. The number of rotatable bonds is 5. The van der Waals surface area contributed by atoms with Crippen LogP contribution in [0.25, 0.3) is 22.1 Å². The molecule has 1 N–H and O–H groups in total. The molecule has 32 heavy (non-hydrogen) atoms. The van der Waals surface area contributed by atoms with E-state index in [1.165, 1.54) is 10.9 Å². The third-order valence-electron chi connectivity index (χ3n) is 5.81. The summed E-state index contributed by atoms with van der Waals surface area (Å²) < 4.78 is 6.95. The fourth-order valence-corrected chi connectivity index (χ4v) is 4.00. The molecule has 0 aliphatic carbocycles. The summed E-state index contributed by atoms with van der Waals surface area (Å²) in [6, 6.07) is 11.2. The lowest BCUT2D eigenvalue weighted by Crippen LogP contribution is -2.45. The average Bonchev–Trinajstić information content (AvgIpc) is 3.20. The van der Waals surface area contributed by atoms with Crippen molar-refractivity contribution in [2.75, 3.05) is 38.1 Å². The predicted octanol–water partition coefficient (Wildman–Crippen LogP) is 1.61. The highest BCUT2D eigenvalue weighted by Crippen LogP contribution is 2.24. The minimum atomic E-state index is -0.374. The van der Waals surface area contributed by atoms with Crippen LogP contribution in [0.15, 0.2) is 58.1 Å². The molecule has 164 valence electrons. The Balaban J connectivity index is 1.30. The van der Waals surface area contributed by atoms with Gasteiger partial charge in [-0.15, -0.1) is 0 Å². The van der Waals surface area contributed by atoms with Crippen molar-refractivity contribution in [1.29, 1.82) is 0 Å². The third-order valence-corrected chi connectivity index (χ3v) is 5.81. The Bertz CT molecular complexity index is 1340. The van der Waals surface area contributed by atoms with Crippen LogP contribution in [0, 0.1) is 0 Å². The van der Waals surface area contributed by atoms with Gasteiger partial charge in [-0.25, -0.2) is 9.97 Å². The van der Waals surface area contributed by atoms with E-state index in [1.807, 2.05) is 30.3 Å². The van der Waals surface area contributed by atoms with E-state index in [2.05, 4.69) is 32.1 Å². The molecule has 0 atom stereocenters. The van der Waals surface area contributed by atoms with E-state index in [9.17, 15) is 9.59 Å². The van der Waals surface area contributed by atoms with Gasteiger partial charge in [-0.1, -0.05) is 18.2 Å². The fraction of sp³-hybridized carbons (Fsp3) is 0.304. The Labute approximate surface area is 184 Å². The summed E-state index contributed by atoms with van der Waals surface area (Å²) in [6.07, 6.45) is 3.17. The number of likely N-dealkylation sites (N-methyl/N-ethyl adjacent to an activating group) is 1. The first-order valence-electron chi connectivity index (χ1n) is 10.6. The van der Waals surface area contributed by atoms with Gasteiger partial charge in [0.15, 0.2) is 0 Å². The Morgan fingerprint density at radius 1 is 1.09 bits per heavy atom. The van der Waals surface area contributed by atoms with E-state index >= 15 is 0 Å².